The van der Waals surface area contributed by atoms with Crippen LogP contribution in [0.5, 0.6) is 0 Å². The number of Topliss-reactive ketones (excluding diaryl/α,β-unsaturated/α-hetero) is 1. The summed E-state index contributed by atoms with van der Waals surface area (Å²) in [7, 11) is 1.44. The van der Waals surface area contributed by atoms with Crippen molar-refractivity contribution in [3.05, 3.63) is 0 Å². The maximum atomic E-state index is 13.2. The van der Waals surface area contributed by atoms with Crippen LogP contribution in [0.4, 0.5) is 0 Å². The Morgan fingerprint density at radius 3 is 2.58 bits per heavy atom. The largest absolute Gasteiger partial charge is 0.469 e. The monoisotopic (exact) mass is 430 g/mol. The zero-order chi connectivity index (χ0) is 21.6. The smallest absolute Gasteiger partial charge is 0.309 e. The maximum absolute atomic E-state index is 13.2. The summed E-state index contributed by atoms with van der Waals surface area (Å²) in [4.78, 5) is 37.9. The first-order chi connectivity index (χ1) is 14.7. The molecule has 7 nitrogen and oxygen atoms in total. The predicted octanol–water partition coefficient (Wildman–Crippen LogP) is 2.34. The third-order valence-corrected chi connectivity index (χ3v) is 11.2. The van der Waals surface area contributed by atoms with Crippen LogP contribution in [0, 0.1) is 28.6 Å². The van der Waals surface area contributed by atoms with Gasteiger partial charge in [0.25, 0.3) is 0 Å². The molecule has 4 aliphatic carbocycles. The van der Waals surface area contributed by atoms with Gasteiger partial charge in [-0.25, -0.2) is 0 Å². The summed E-state index contributed by atoms with van der Waals surface area (Å²) >= 11 is 0. The lowest BCUT2D eigenvalue weighted by atomic mass is 9.41. The molecular weight excluding hydrogens is 400 g/mol. The molecule has 3 saturated heterocycles. The number of carbonyl (C=O) groups is 3. The van der Waals surface area contributed by atoms with Crippen molar-refractivity contribution in [3.8, 4) is 0 Å². The Morgan fingerprint density at radius 1 is 1.06 bits per heavy atom. The van der Waals surface area contributed by atoms with Gasteiger partial charge in [0.2, 0.25) is 0 Å². The van der Waals surface area contributed by atoms with Crippen molar-refractivity contribution in [3.63, 3.8) is 0 Å². The second-order valence-corrected chi connectivity index (χ2v) is 11.7. The summed E-state index contributed by atoms with van der Waals surface area (Å²) in [5.41, 5.74) is -2.00. The standard InChI is InChI=1S/C24H30O7/c1-20-11-15-24(29-15)17(13(20)4-8-22(20)9-6-16(26)30-22)12(19(27)28-3)10-23-18(31-23)14(25)5-7-21(23,24)2/h12-13,15,17-18H,4-11H2,1-3H3/t12-,13?,15-,17?,18-,20-,21-,22?,23-,24-/m0/s1. The molecule has 3 unspecified atom stereocenters. The Balaban J connectivity index is 1.37. The minimum absolute atomic E-state index is 0.000380. The molecule has 7 fully saturated rings. The molecule has 7 aliphatic rings. The molecule has 7 rings (SSSR count). The SMILES string of the molecule is COC(=O)[C@H]1C[C@]23O[C@H]2C(=O)CC[C@]3(C)[C@]23O[C@H]2C[C@@]2(C)C(CCC24CCC(=O)O4)C13. The van der Waals surface area contributed by atoms with E-state index in [2.05, 4.69) is 13.8 Å². The molecule has 3 aliphatic heterocycles. The highest BCUT2D eigenvalue weighted by molar-refractivity contribution is 5.89. The molecule has 31 heavy (non-hydrogen) atoms. The molecule has 4 saturated carbocycles. The number of ether oxygens (including phenoxy) is 4. The number of hydrogen-bond acceptors (Lipinski definition) is 7. The Hall–Kier alpha value is -1.47. The second-order valence-electron chi connectivity index (χ2n) is 11.7. The van der Waals surface area contributed by atoms with Gasteiger partial charge in [-0.2, -0.15) is 0 Å². The molecular formula is C24H30O7. The van der Waals surface area contributed by atoms with E-state index < -0.39 is 22.9 Å². The van der Waals surface area contributed by atoms with Crippen LogP contribution in [-0.4, -0.2) is 53.8 Å². The van der Waals surface area contributed by atoms with Gasteiger partial charge in [0.15, 0.2) is 5.78 Å². The molecule has 0 amide bonds. The zero-order valence-corrected chi connectivity index (χ0v) is 18.4. The number of ketones is 1. The van der Waals surface area contributed by atoms with Gasteiger partial charge in [-0.1, -0.05) is 13.8 Å². The van der Waals surface area contributed by atoms with E-state index in [1.807, 2.05) is 0 Å². The Kier molecular flexibility index (Phi) is 3.19. The minimum Gasteiger partial charge on any atom is -0.469 e. The fourth-order valence-corrected chi connectivity index (χ4v) is 9.63. The Morgan fingerprint density at radius 2 is 1.87 bits per heavy atom. The van der Waals surface area contributed by atoms with Crippen LogP contribution < -0.4 is 0 Å². The zero-order valence-electron chi connectivity index (χ0n) is 18.4. The topological polar surface area (TPSA) is 94.7 Å². The van der Waals surface area contributed by atoms with E-state index in [9.17, 15) is 14.4 Å². The van der Waals surface area contributed by atoms with E-state index in [1.165, 1.54) is 7.11 Å². The first-order valence-electron chi connectivity index (χ1n) is 11.9. The van der Waals surface area contributed by atoms with Gasteiger partial charge in [-0.3, -0.25) is 14.4 Å². The van der Waals surface area contributed by atoms with Gasteiger partial charge in [0, 0.05) is 29.6 Å². The normalized spacial score (nSPS) is 60.3. The fourth-order valence-electron chi connectivity index (χ4n) is 9.63. The number of epoxide rings is 2. The average molecular weight is 430 g/mol. The lowest BCUT2D eigenvalue weighted by molar-refractivity contribution is -0.184. The van der Waals surface area contributed by atoms with Crippen molar-refractivity contribution in [1.82, 2.24) is 0 Å². The molecule has 0 bridgehead atoms. The maximum Gasteiger partial charge on any atom is 0.309 e. The number of fused-ring (bicyclic) bond motifs is 3. The van der Waals surface area contributed by atoms with Crippen LogP contribution in [0.3, 0.4) is 0 Å². The summed E-state index contributed by atoms with van der Waals surface area (Å²) in [6, 6.07) is 0. The molecule has 0 radical (unpaired) electrons. The lowest BCUT2D eigenvalue weighted by Gasteiger charge is -2.59. The van der Waals surface area contributed by atoms with Crippen molar-refractivity contribution in [2.24, 2.45) is 28.6 Å². The van der Waals surface area contributed by atoms with Crippen LogP contribution in [0.15, 0.2) is 0 Å². The van der Waals surface area contributed by atoms with Crippen LogP contribution in [0.1, 0.15) is 65.2 Å². The molecule has 0 N–H and O–H groups in total. The van der Waals surface area contributed by atoms with E-state index in [-0.39, 0.29) is 52.4 Å². The minimum atomic E-state index is -0.601. The summed E-state index contributed by atoms with van der Waals surface area (Å²) in [6.07, 6.45) is 5.22. The van der Waals surface area contributed by atoms with Gasteiger partial charge in [-0.15, -0.1) is 0 Å². The number of carbonyl (C=O) groups excluding carboxylic acids is 3. The third kappa shape index (κ3) is 1.77. The number of esters is 2. The number of methoxy groups -OCH3 is 1. The highest BCUT2D eigenvalue weighted by Gasteiger charge is 2.91. The van der Waals surface area contributed by atoms with Gasteiger partial charge in [0.05, 0.1) is 19.1 Å². The van der Waals surface area contributed by atoms with Crippen molar-refractivity contribution >= 4 is 17.7 Å². The molecule has 3 heterocycles. The lowest BCUT2D eigenvalue weighted by Crippen LogP contribution is -2.68. The molecule has 0 aromatic heterocycles. The molecule has 7 heteroatoms. The van der Waals surface area contributed by atoms with E-state index >= 15 is 0 Å². The van der Waals surface area contributed by atoms with Crippen molar-refractivity contribution in [2.75, 3.05) is 7.11 Å². The summed E-state index contributed by atoms with van der Waals surface area (Å²) in [6.45, 7) is 4.50. The van der Waals surface area contributed by atoms with E-state index in [0.29, 0.717) is 19.3 Å². The second kappa shape index (κ2) is 5.19. The molecule has 3 spiro atoms. The predicted molar refractivity (Wildman–Crippen MR) is 105 cm³/mol. The highest BCUT2D eigenvalue weighted by Crippen LogP contribution is 2.82. The van der Waals surface area contributed by atoms with Gasteiger partial charge >= 0.3 is 11.9 Å². The molecule has 0 aromatic rings. The first-order valence-corrected chi connectivity index (χ1v) is 11.9. The fraction of sp³-hybridized carbons (Fsp3) is 0.875. The number of rotatable bonds is 1. The van der Waals surface area contributed by atoms with E-state index in [0.717, 1.165) is 32.1 Å². The molecule has 0 aromatic carbocycles. The first kappa shape index (κ1) is 19.0. The van der Waals surface area contributed by atoms with Crippen LogP contribution in [-0.2, 0) is 33.3 Å². The van der Waals surface area contributed by atoms with Crippen LogP contribution >= 0.6 is 0 Å². The van der Waals surface area contributed by atoms with Crippen LogP contribution in [0.25, 0.3) is 0 Å². The van der Waals surface area contributed by atoms with Crippen molar-refractivity contribution < 1.29 is 33.3 Å². The quantitative estimate of drug-likeness (QED) is 0.465. The van der Waals surface area contributed by atoms with E-state index in [1.54, 1.807) is 0 Å². The van der Waals surface area contributed by atoms with Crippen molar-refractivity contribution in [1.29, 1.82) is 0 Å². The van der Waals surface area contributed by atoms with Crippen LogP contribution in [0.2, 0.25) is 0 Å². The Bertz CT molecular complexity index is 946. The molecule has 168 valence electrons. The average Bonchev–Trinajstić information content (AvgIpc) is 3.59. The van der Waals surface area contributed by atoms with Gasteiger partial charge in [0.1, 0.15) is 22.9 Å². The summed E-state index contributed by atoms with van der Waals surface area (Å²) in [5.74, 6) is -0.325. The summed E-state index contributed by atoms with van der Waals surface area (Å²) in [5, 5.41) is 0. The third-order valence-electron chi connectivity index (χ3n) is 11.2. The highest BCUT2D eigenvalue weighted by atomic mass is 16.6. The van der Waals surface area contributed by atoms with E-state index in [4.69, 9.17) is 18.9 Å². The van der Waals surface area contributed by atoms with Crippen molar-refractivity contribution in [2.45, 2.75) is 94.2 Å². The van der Waals surface area contributed by atoms with Gasteiger partial charge < -0.3 is 18.9 Å². The number of hydrogen-bond donors (Lipinski definition) is 0. The van der Waals surface area contributed by atoms with Gasteiger partial charge in [-0.05, 0) is 44.4 Å². The Labute approximate surface area is 181 Å². The summed E-state index contributed by atoms with van der Waals surface area (Å²) < 4.78 is 24.2. The molecule has 10 atom stereocenters.